The van der Waals surface area contributed by atoms with Crippen LogP contribution in [0.4, 0.5) is 0 Å². The summed E-state index contributed by atoms with van der Waals surface area (Å²) in [7, 11) is 1.94. The molecule has 2 heterocycles. The number of hydrogen-bond donors (Lipinski definition) is 0. The molecule has 0 aliphatic carbocycles. The molecule has 1 aromatic carbocycles. The second kappa shape index (κ2) is 10.1. The summed E-state index contributed by atoms with van der Waals surface area (Å²) in [5.74, 6) is 1.73. The molecule has 1 saturated heterocycles. The molecule has 1 aliphatic heterocycles. The average molecular weight is 403 g/mol. The fourth-order valence-corrected chi connectivity index (χ4v) is 4.10. The number of aromatic nitrogens is 2. The Bertz CT molecular complexity index is 758. The highest BCUT2D eigenvalue weighted by molar-refractivity contribution is 6.30. The van der Waals surface area contributed by atoms with E-state index in [1.807, 2.05) is 41.8 Å². The maximum absolute atomic E-state index is 12.5. The van der Waals surface area contributed by atoms with Gasteiger partial charge in [-0.15, -0.1) is 0 Å². The van der Waals surface area contributed by atoms with Crippen LogP contribution in [0.1, 0.15) is 30.7 Å². The Labute approximate surface area is 173 Å². The highest BCUT2D eigenvalue weighted by Gasteiger charge is 2.22. The fourth-order valence-electron chi connectivity index (χ4n) is 3.98. The van der Waals surface area contributed by atoms with Crippen LogP contribution in [0.15, 0.2) is 36.7 Å². The number of nitrogens with zero attached hydrogens (tertiary/aromatic N) is 4. The van der Waals surface area contributed by atoms with E-state index in [1.54, 1.807) is 6.20 Å². The Kier molecular flexibility index (Phi) is 7.51. The van der Waals surface area contributed by atoms with Crippen molar-refractivity contribution in [2.45, 2.75) is 39.2 Å². The monoisotopic (exact) mass is 402 g/mol. The van der Waals surface area contributed by atoms with Crippen molar-refractivity contribution in [2.24, 2.45) is 5.92 Å². The minimum absolute atomic E-state index is 0.214. The van der Waals surface area contributed by atoms with Crippen LogP contribution < -0.4 is 0 Å². The molecule has 1 aromatic heterocycles. The van der Waals surface area contributed by atoms with Crippen LogP contribution in [-0.2, 0) is 17.8 Å². The van der Waals surface area contributed by atoms with E-state index in [0.717, 1.165) is 43.4 Å². The van der Waals surface area contributed by atoms with Gasteiger partial charge in [0.1, 0.15) is 5.82 Å². The Morgan fingerprint density at radius 1 is 1.29 bits per heavy atom. The molecule has 28 heavy (non-hydrogen) atoms. The van der Waals surface area contributed by atoms with Crippen molar-refractivity contribution >= 4 is 17.5 Å². The number of halogens is 1. The van der Waals surface area contributed by atoms with Crippen molar-refractivity contribution in [3.63, 3.8) is 0 Å². The third-order valence-electron chi connectivity index (χ3n) is 5.68. The Morgan fingerprint density at radius 2 is 2.07 bits per heavy atom. The molecule has 152 valence electrons. The van der Waals surface area contributed by atoms with Crippen LogP contribution in [0.25, 0.3) is 0 Å². The van der Waals surface area contributed by atoms with E-state index in [4.69, 9.17) is 11.6 Å². The first-order valence-electron chi connectivity index (χ1n) is 10.2. The van der Waals surface area contributed by atoms with Crippen LogP contribution in [0.2, 0.25) is 5.02 Å². The molecule has 3 rings (SSSR count). The van der Waals surface area contributed by atoms with Crippen LogP contribution in [0.3, 0.4) is 0 Å². The predicted molar refractivity (Wildman–Crippen MR) is 114 cm³/mol. The highest BCUT2D eigenvalue weighted by atomic mass is 35.5. The molecule has 0 radical (unpaired) electrons. The van der Waals surface area contributed by atoms with E-state index in [-0.39, 0.29) is 5.91 Å². The number of likely N-dealkylation sites (tertiary alicyclic amines) is 1. The first-order valence-corrected chi connectivity index (χ1v) is 10.6. The van der Waals surface area contributed by atoms with Gasteiger partial charge in [-0.3, -0.25) is 4.79 Å². The van der Waals surface area contributed by atoms with E-state index in [1.165, 1.54) is 18.4 Å². The van der Waals surface area contributed by atoms with Crippen molar-refractivity contribution < 1.29 is 4.79 Å². The summed E-state index contributed by atoms with van der Waals surface area (Å²) in [5, 5.41) is 0.790. The maximum Gasteiger partial charge on any atom is 0.224 e. The van der Waals surface area contributed by atoms with Gasteiger partial charge >= 0.3 is 0 Å². The normalized spacial score (nSPS) is 17.6. The van der Waals surface area contributed by atoms with Crippen molar-refractivity contribution in [1.82, 2.24) is 19.4 Å². The maximum atomic E-state index is 12.5. The minimum Gasteiger partial charge on any atom is -0.345 e. The lowest BCUT2D eigenvalue weighted by Crippen LogP contribution is -2.42. The molecule has 0 saturated carbocycles. The van der Waals surface area contributed by atoms with Gasteiger partial charge in [0, 0.05) is 57.1 Å². The van der Waals surface area contributed by atoms with Gasteiger partial charge in [-0.05, 0) is 56.3 Å². The number of piperidine rings is 1. The molecule has 0 spiro atoms. The summed E-state index contributed by atoms with van der Waals surface area (Å²) >= 11 is 5.97. The van der Waals surface area contributed by atoms with Gasteiger partial charge in [0.05, 0.1) is 0 Å². The number of imidazole rings is 1. The Morgan fingerprint density at radius 3 is 2.79 bits per heavy atom. The lowest BCUT2D eigenvalue weighted by molar-refractivity contribution is -0.130. The summed E-state index contributed by atoms with van der Waals surface area (Å²) < 4.78 is 2.03. The van der Waals surface area contributed by atoms with Gasteiger partial charge in [0.25, 0.3) is 0 Å². The molecule has 0 unspecified atom stereocenters. The van der Waals surface area contributed by atoms with Crippen molar-refractivity contribution in [3.8, 4) is 0 Å². The van der Waals surface area contributed by atoms with Crippen molar-refractivity contribution in [1.29, 1.82) is 0 Å². The Hall–Kier alpha value is -1.85. The van der Waals surface area contributed by atoms with Crippen molar-refractivity contribution in [3.05, 3.63) is 53.1 Å². The molecule has 1 aliphatic rings. The summed E-state index contributed by atoms with van der Waals surface area (Å²) in [6, 6.07) is 8.14. The Balaban J connectivity index is 1.41. The van der Waals surface area contributed by atoms with Crippen LogP contribution in [0.5, 0.6) is 0 Å². The summed E-state index contributed by atoms with van der Waals surface area (Å²) in [5.41, 5.74) is 1.33. The number of carbonyl (C=O) groups is 1. The first kappa shape index (κ1) is 20.9. The molecule has 1 amide bonds. The van der Waals surface area contributed by atoms with Crippen LogP contribution in [-0.4, -0.2) is 58.5 Å². The molecule has 5 nitrogen and oxygen atoms in total. The average Bonchev–Trinajstić information content (AvgIpc) is 3.10. The number of benzene rings is 1. The van der Waals surface area contributed by atoms with Crippen LogP contribution in [0, 0.1) is 12.8 Å². The molecule has 1 fully saturated rings. The zero-order chi connectivity index (χ0) is 19.9. The largest absolute Gasteiger partial charge is 0.345 e. The number of aryl methyl sites for hydroxylation is 2. The van der Waals surface area contributed by atoms with Crippen LogP contribution >= 0.6 is 11.6 Å². The van der Waals surface area contributed by atoms with E-state index in [9.17, 15) is 4.79 Å². The topological polar surface area (TPSA) is 41.4 Å². The van der Waals surface area contributed by atoms with Crippen molar-refractivity contribution in [2.75, 3.05) is 33.2 Å². The zero-order valence-electron chi connectivity index (χ0n) is 17.0. The predicted octanol–water partition coefficient (Wildman–Crippen LogP) is 3.65. The zero-order valence-corrected chi connectivity index (χ0v) is 17.7. The quantitative estimate of drug-likeness (QED) is 0.676. The second-order valence-electron chi connectivity index (χ2n) is 7.88. The molecule has 2 aromatic rings. The van der Waals surface area contributed by atoms with E-state index in [2.05, 4.69) is 22.0 Å². The highest BCUT2D eigenvalue weighted by Crippen LogP contribution is 2.19. The van der Waals surface area contributed by atoms with Gasteiger partial charge in [0.15, 0.2) is 0 Å². The van der Waals surface area contributed by atoms with Gasteiger partial charge in [-0.25, -0.2) is 4.98 Å². The third kappa shape index (κ3) is 6.08. The van der Waals surface area contributed by atoms with Gasteiger partial charge in [-0.1, -0.05) is 23.7 Å². The van der Waals surface area contributed by atoms with Gasteiger partial charge < -0.3 is 14.4 Å². The molecule has 1 atom stereocenters. The molecular weight excluding hydrogens is 372 g/mol. The molecular formula is C22H31ClN4O. The number of rotatable bonds is 8. The van der Waals surface area contributed by atoms with Gasteiger partial charge in [-0.2, -0.15) is 0 Å². The number of amides is 1. The standard InChI is InChI=1S/C22H31ClN4O/c1-18-24-11-15-27(18)14-10-22(28)25(2)16-20-4-3-12-26(17-20)13-9-19-5-7-21(23)8-6-19/h5-8,11,15,20H,3-4,9-10,12-14,16-17H2,1-2H3/t20-/m1/s1. The first-order chi connectivity index (χ1) is 13.5. The van der Waals surface area contributed by atoms with E-state index < -0.39 is 0 Å². The lowest BCUT2D eigenvalue weighted by atomic mass is 9.97. The van der Waals surface area contributed by atoms with E-state index in [0.29, 0.717) is 18.9 Å². The van der Waals surface area contributed by atoms with Gasteiger partial charge in [0.2, 0.25) is 5.91 Å². The SMILES string of the molecule is Cc1nccn1CCC(=O)N(C)C[C@H]1CCCN(CCc2ccc(Cl)cc2)C1. The summed E-state index contributed by atoms with van der Waals surface area (Å²) in [6.07, 6.45) is 7.70. The summed E-state index contributed by atoms with van der Waals surface area (Å²) in [6.45, 7) is 6.81. The smallest absolute Gasteiger partial charge is 0.224 e. The lowest BCUT2D eigenvalue weighted by Gasteiger charge is -2.34. The fraction of sp³-hybridized carbons (Fsp3) is 0.545. The second-order valence-corrected chi connectivity index (χ2v) is 8.31. The summed E-state index contributed by atoms with van der Waals surface area (Å²) in [4.78, 5) is 21.2. The minimum atomic E-state index is 0.214. The molecule has 6 heteroatoms. The number of carbonyl (C=O) groups excluding carboxylic acids is 1. The molecule has 0 bridgehead atoms. The third-order valence-corrected chi connectivity index (χ3v) is 5.93. The number of hydrogen-bond acceptors (Lipinski definition) is 3. The van der Waals surface area contributed by atoms with E-state index >= 15 is 0 Å². The molecule has 0 N–H and O–H groups in total.